The predicted octanol–water partition coefficient (Wildman–Crippen LogP) is 3.08. The van der Waals surface area contributed by atoms with E-state index in [1.807, 2.05) is 42.5 Å². The van der Waals surface area contributed by atoms with Gasteiger partial charge in [0.25, 0.3) is 0 Å². The molecular weight excluding hydrogens is 172 g/mol. The molecule has 1 nitrogen and oxygen atoms in total. The van der Waals surface area contributed by atoms with Crippen LogP contribution < -0.4 is 0 Å². The van der Waals surface area contributed by atoms with Gasteiger partial charge in [-0.15, -0.1) is 0 Å². The first kappa shape index (κ1) is 8.25. The van der Waals surface area contributed by atoms with Gasteiger partial charge in [-0.25, -0.2) is 0 Å². The highest BCUT2D eigenvalue weighted by molar-refractivity contribution is 5.19. The van der Waals surface area contributed by atoms with Crippen LogP contribution in [0.25, 0.3) is 0 Å². The zero-order chi connectivity index (χ0) is 10.7. The molecule has 1 N–H and O–H groups in total. The summed E-state index contributed by atoms with van der Waals surface area (Å²) in [5.74, 6) is -0.834. The molecule has 0 saturated carbocycles. The maximum absolute atomic E-state index is 10.2. The van der Waals surface area contributed by atoms with Gasteiger partial charge in [0.05, 0.1) is 6.10 Å². The Morgan fingerprint density at radius 1 is 1.36 bits per heavy atom. The van der Waals surface area contributed by atoms with E-state index in [9.17, 15) is 5.11 Å². The van der Waals surface area contributed by atoms with Crippen molar-refractivity contribution in [2.24, 2.45) is 5.89 Å². The van der Waals surface area contributed by atoms with Crippen LogP contribution in [0, 0.1) is 5.89 Å². The van der Waals surface area contributed by atoms with Gasteiger partial charge >= 0.3 is 0 Å². The molecule has 1 aromatic carbocycles. The first-order valence-electron chi connectivity index (χ1n) is 5.63. The number of rotatable bonds is 2. The van der Waals surface area contributed by atoms with Gasteiger partial charge in [-0.2, -0.15) is 0 Å². The average molecular weight is 189 g/mol. The van der Waals surface area contributed by atoms with Crippen molar-refractivity contribution in [3.63, 3.8) is 0 Å². The van der Waals surface area contributed by atoms with E-state index < -0.39 is 12.0 Å². The Hall–Kier alpha value is -1.08. The van der Waals surface area contributed by atoms with Crippen LogP contribution >= 0.6 is 0 Å². The summed E-state index contributed by atoms with van der Waals surface area (Å²) in [4.78, 5) is 0. The largest absolute Gasteiger partial charge is 0.388 e. The molecule has 0 radical (unpaired) electrons. The molecule has 1 aromatic rings. The van der Waals surface area contributed by atoms with Crippen molar-refractivity contribution in [3.8, 4) is 0 Å². The summed E-state index contributed by atoms with van der Waals surface area (Å²) in [6.07, 6.45) is 5.89. The first-order chi connectivity index (χ1) is 7.22. The van der Waals surface area contributed by atoms with Gasteiger partial charge in [-0.1, -0.05) is 42.5 Å². The highest BCUT2D eigenvalue weighted by Crippen LogP contribution is 2.29. The third-order valence-corrected chi connectivity index (χ3v) is 2.63. The Kier molecular flexibility index (Phi) is 2.61. The standard InChI is InChI=1S/C13H16O/c14-13(11-7-3-1-4-8-11)12-9-5-2-6-10-12/h1,3-5,7-9,12-14H,2,6,10H2/t12-,13+/m1/s1/i12D. The highest BCUT2D eigenvalue weighted by Gasteiger charge is 2.19. The summed E-state index contributed by atoms with van der Waals surface area (Å²) in [5.41, 5.74) is 0.832. The number of aliphatic hydroxyl groups is 1. The topological polar surface area (TPSA) is 20.2 Å². The Labute approximate surface area is 86.5 Å². The fraction of sp³-hybridized carbons (Fsp3) is 0.385. The second kappa shape index (κ2) is 4.43. The van der Waals surface area contributed by atoms with Crippen LogP contribution in [0.3, 0.4) is 0 Å². The second-order valence-corrected chi connectivity index (χ2v) is 3.68. The van der Waals surface area contributed by atoms with E-state index in [0.717, 1.165) is 24.8 Å². The van der Waals surface area contributed by atoms with Gasteiger partial charge < -0.3 is 5.11 Å². The fourth-order valence-corrected chi connectivity index (χ4v) is 1.82. The number of hydrogen-bond acceptors (Lipinski definition) is 1. The molecule has 0 fully saturated rings. The van der Waals surface area contributed by atoms with Gasteiger partial charge in [0, 0.05) is 7.26 Å². The molecule has 1 aliphatic carbocycles. The van der Waals surface area contributed by atoms with Crippen LogP contribution in [0.1, 0.15) is 32.3 Å². The fourth-order valence-electron chi connectivity index (χ4n) is 1.82. The molecule has 14 heavy (non-hydrogen) atoms. The van der Waals surface area contributed by atoms with Crippen molar-refractivity contribution in [1.82, 2.24) is 0 Å². The molecule has 1 heteroatoms. The van der Waals surface area contributed by atoms with Gasteiger partial charge in [0.15, 0.2) is 0 Å². The van der Waals surface area contributed by atoms with E-state index in [1.54, 1.807) is 0 Å². The Morgan fingerprint density at radius 3 is 2.79 bits per heavy atom. The molecule has 0 amide bonds. The summed E-state index contributed by atoms with van der Waals surface area (Å²) in [5, 5.41) is 10.2. The summed E-state index contributed by atoms with van der Waals surface area (Å²) in [6.45, 7) is 0. The Bertz CT molecular complexity index is 347. The number of aliphatic hydroxyl groups excluding tert-OH is 1. The SMILES string of the molecule is [2H][C@@]1([C@@H](O)c2ccccc2)C=CCCC1. The zero-order valence-corrected chi connectivity index (χ0v) is 8.19. The number of benzene rings is 1. The van der Waals surface area contributed by atoms with Gasteiger partial charge in [-0.05, 0) is 24.8 Å². The maximum Gasteiger partial charge on any atom is 0.0852 e. The van der Waals surface area contributed by atoms with Crippen molar-refractivity contribution in [2.75, 3.05) is 0 Å². The van der Waals surface area contributed by atoms with E-state index in [0.29, 0.717) is 0 Å². The van der Waals surface area contributed by atoms with Gasteiger partial charge in [-0.3, -0.25) is 0 Å². The van der Waals surface area contributed by atoms with E-state index >= 15 is 0 Å². The lowest BCUT2D eigenvalue weighted by molar-refractivity contribution is 0.123. The molecule has 0 spiro atoms. The smallest absolute Gasteiger partial charge is 0.0852 e. The molecular formula is C13H16O. The van der Waals surface area contributed by atoms with Crippen molar-refractivity contribution in [2.45, 2.75) is 25.4 Å². The lowest BCUT2D eigenvalue weighted by Gasteiger charge is -2.22. The Balaban J connectivity index is 2.23. The molecule has 0 bridgehead atoms. The second-order valence-electron chi connectivity index (χ2n) is 3.68. The van der Waals surface area contributed by atoms with Crippen LogP contribution in [-0.2, 0) is 0 Å². The first-order valence-corrected chi connectivity index (χ1v) is 5.13. The monoisotopic (exact) mass is 189 g/mol. The van der Waals surface area contributed by atoms with Crippen molar-refractivity contribution in [3.05, 3.63) is 48.0 Å². The van der Waals surface area contributed by atoms with E-state index in [4.69, 9.17) is 1.37 Å². The highest BCUT2D eigenvalue weighted by atomic mass is 16.3. The zero-order valence-electron chi connectivity index (χ0n) is 9.19. The number of hydrogen-bond donors (Lipinski definition) is 1. The minimum atomic E-state index is -0.834. The van der Waals surface area contributed by atoms with Gasteiger partial charge in [0.1, 0.15) is 0 Å². The normalized spacial score (nSPS) is 29.6. The molecule has 0 heterocycles. The third-order valence-electron chi connectivity index (χ3n) is 2.63. The molecule has 2 rings (SSSR count). The molecule has 0 aliphatic heterocycles. The van der Waals surface area contributed by atoms with E-state index in [1.165, 1.54) is 0 Å². The van der Waals surface area contributed by atoms with Crippen molar-refractivity contribution in [1.29, 1.82) is 0 Å². The quantitative estimate of drug-likeness (QED) is 0.709. The van der Waals surface area contributed by atoms with Crippen LogP contribution in [0.4, 0.5) is 0 Å². The van der Waals surface area contributed by atoms with Crippen LogP contribution in [0.2, 0.25) is 0 Å². The molecule has 0 aromatic heterocycles. The minimum absolute atomic E-state index is 0.713. The summed E-state index contributed by atoms with van der Waals surface area (Å²) < 4.78 is 8.23. The molecule has 74 valence electrons. The third kappa shape index (κ3) is 2.05. The summed E-state index contributed by atoms with van der Waals surface area (Å²) in [7, 11) is 0. The van der Waals surface area contributed by atoms with Crippen LogP contribution in [0.15, 0.2) is 42.5 Å². The molecule has 1 aliphatic rings. The van der Waals surface area contributed by atoms with Gasteiger partial charge in [0.2, 0.25) is 0 Å². The van der Waals surface area contributed by atoms with E-state index in [2.05, 4.69) is 0 Å². The van der Waals surface area contributed by atoms with Crippen molar-refractivity contribution < 1.29 is 6.48 Å². The van der Waals surface area contributed by atoms with Crippen LogP contribution in [0.5, 0.6) is 0 Å². The van der Waals surface area contributed by atoms with E-state index in [-0.39, 0.29) is 0 Å². The average Bonchev–Trinajstić information content (AvgIpc) is 2.30. The summed E-state index contributed by atoms with van der Waals surface area (Å²) in [6, 6.07) is 9.47. The summed E-state index contributed by atoms with van der Waals surface area (Å²) >= 11 is 0. The van der Waals surface area contributed by atoms with Crippen LogP contribution in [-0.4, -0.2) is 5.11 Å². The molecule has 0 saturated heterocycles. The molecule has 0 unspecified atom stereocenters. The minimum Gasteiger partial charge on any atom is -0.388 e. The lowest BCUT2D eigenvalue weighted by Crippen LogP contribution is -2.12. The van der Waals surface area contributed by atoms with Crippen molar-refractivity contribution >= 4 is 0 Å². The predicted molar refractivity (Wildman–Crippen MR) is 57.9 cm³/mol. The Morgan fingerprint density at radius 2 is 2.14 bits per heavy atom. The lowest BCUT2D eigenvalue weighted by atomic mass is 9.87. The molecule has 2 atom stereocenters. The number of allylic oxidation sites excluding steroid dienone is 1. The maximum atomic E-state index is 10.2.